The Morgan fingerprint density at radius 3 is 1.92 bits per heavy atom. The number of carbonyl (C=O) groups is 1. The zero-order chi connectivity index (χ0) is 26.0. The quantitative estimate of drug-likeness (QED) is 0.445. The Morgan fingerprint density at radius 1 is 0.806 bits per heavy atom. The molecule has 2 aromatic carbocycles. The molecule has 36 heavy (non-hydrogen) atoms. The van der Waals surface area contributed by atoms with Gasteiger partial charge in [-0.3, -0.25) is 9.10 Å². The molecule has 0 unspecified atom stereocenters. The third-order valence-electron chi connectivity index (χ3n) is 6.94. The van der Waals surface area contributed by atoms with Gasteiger partial charge in [0.25, 0.3) is 15.9 Å². The van der Waals surface area contributed by atoms with E-state index in [4.69, 9.17) is 0 Å². The second kappa shape index (κ2) is 13.6. The first-order valence-electron chi connectivity index (χ1n) is 13.3. The van der Waals surface area contributed by atoms with E-state index in [9.17, 15) is 13.2 Å². The number of hydrazone groups is 1. The molecule has 1 saturated carbocycles. The van der Waals surface area contributed by atoms with E-state index in [2.05, 4.69) is 10.5 Å². The summed E-state index contributed by atoms with van der Waals surface area (Å²) in [6.07, 6.45) is 12.7. The van der Waals surface area contributed by atoms with E-state index in [1.54, 1.807) is 30.3 Å². The van der Waals surface area contributed by atoms with Crippen LogP contribution in [-0.2, 0) is 14.8 Å². The van der Waals surface area contributed by atoms with Crippen LogP contribution < -0.4 is 9.73 Å². The molecule has 6 nitrogen and oxygen atoms in total. The number of anilines is 1. The summed E-state index contributed by atoms with van der Waals surface area (Å²) >= 11 is 0. The van der Waals surface area contributed by atoms with Crippen molar-refractivity contribution >= 4 is 27.3 Å². The molecule has 1 N–H and O–H groups in total. The number of carbonyl (C=O) groups excluding carboxylic acids is 1. The SMILES string of the molecule is Cc1ccc(S(=O)(=O)N(CC(=O)NN=C2CCCCCCCCCCC2)c2ccc(C)c(C)c2)cc1. The fourth-order valence-electron chi connectivity index (χ4n) is 4.47. The smallest absolute Gasteiger partial charge is 0.264 e. The van der Waals surface area contributed by atoms with Gasteiger partial charge < -0.3 is 0 Å². The first kappa shape index (κ1) is 27.9. The van der Waals surface area contributed by atoms with Gasteiger partial charge in [0.05, 0.1) is 10.6 Å². The third kappa shape index (κ3) is 8.19. The van der Waals surface area contributed by atoms with Crippen molar-refractivity contribution in [1.82, 2.24) is 5.43 Å². The van der Waals surface area contributed by atoms with Gasteiger partial charge in [0.2, 0.25) is 0 Å². The minimum absolute atomic E-state index is 0.157. The lowest BCUT2D eigenvalue weighted by molar-refractivity contribution is -0.119. The first-order valence-corrected chi connectivity index (χ1v) is 14.7. The third-order valence-corrected chi connectivity index (χ3v) is 8.73. The topological polar surface area (TPSA) is 78.8 Å². The van der Waals surface area contributed by atoms with E-state index >= 15 is 0 Å². The number of hydrogen-bond donors (Lipinski definition) is 1. The van der Waals surface area contributed by atoms with Gasteiger partial charge in [-0.1, -0.05) is 68.7 Å². The van der Waals surface area contributed by atoms with Crippen LogP contribution in [0.15, 0.2) is 52.5 Å². The number of sulfonamides is 1. The highest BCUT2D eigenvalue weighted by atomic mass is 32.2. The fraction of sp³-hybridized carbons (Fsp3) is 0.517. The Hall–Kier alpha value is -2.67. The Morgan fingerprint density at radius 2 is 1.36 bits per heavy atom. The zero-order valence-electron chi connectivity index (χ0n) is 22.1. The molecule has 1 amide bonds. The van der Waals surface area contributed by atoms with Crippen molar-refractivity contribution in [3.63, 3.8) is 0 Å². The number of rotatable bonds is 6. The minimum atomic E-state index is -3.94. The molecule has 0 spiro atoms. The van der Waals surface area contributed by atoms with Crippen molar-refractivity contribution in [3.05, 3.63) is 59.2 Å². The average molecular weight is 512 g/mol. The van der Waals surface area contributed by atoms with E-state index < -0.39 is 15.9 Å². The van der Waals surface area contributed by atoms with Crippen molar-refractivity contribution < 1.29 is 13.2 Å². The van der Waals surface area contributed by atoms with E-state index in [1.165, 1.54) is 49.3 Å². The zero-order valence-corrected chi connectivity index (χ0v) is 22.9. The van der Waals surface area contributed by atoms with Gasteiger partial charge in [-0.15, -0.1) is 0 Å². The summed E-state index contributed by atoms with van der Waals surface area (Å²) in [6, 6.07) is 12.1. The van der Waals surface area contributed by atoms with Gasteiger partial charge >= 0.3 is 0 Å². The van der Waals surface area contributed by atoms with E-state index in [1.807, 2.05) is 32.9 Å². The van der Waals surface area contributed by atoms with E-state index in [0.29, 0.717) is 5.69 Å². The molecule has 2 aromatic rings. The average Bonchev–Trinajstić information content (AvgIpc) is 2.84. The second-order valence-corrected chi connectivity index (χ2v) is 11.9. The molecule has 0 heterocycles. The normalized spacial score (nSPS) is 15.9. The molecule has 196 valence electrons. The molecule has 0 saturated heterocycles. The summed E-state index contributed by atoms with van der Waals surface area (Å²) in [5, 5.41) is 4.45. The molecule has 0 atom stereocenters. The van der Waals surface area contributed by atoms with Crippen LogP contribution in [0.3, 0.4) is 0 Å². The van der Waals surface area contributed by atoms with Gasteiger partial charge in [0.15, 0.2) is 0 Å². The second-order valence-electron chi connectivity index (χ2n) is 9.99. The lowest BCUT2D eigenvalue weighted by Gasteiger charge is -2.24. The van der Waals surface area contributed by atoms with Crippen LogP contribution >= 0.6 is 0 Å². The van der Waals surface area contributed by atoms with Crippen LogP contribution in [0.2, 0.25) is 0 Å². The lowest BCUT2D eigenvalue weighted by atomic mass is 10.00. The highest BCUT2D eigenvalue weighted by molar-refractivity contribution is 7.92. The highest BCUT2D eigenvalue weighted by Gasteiger charge is 2.27. The van der Waals surface area contributed by atoms with Crippen molar-refractivity contribution in [2.24, 2.45) is 5.10 Å². The predicted octanol–water partition coefficient (Wildman–Crippen LogP) is 6.58. The predicted molar refractivity (Wildman–Crippen MR) is 148 cm³/mol. The largest absolute Gasteiger partial charge is 0.271 e. The minimum Gasteiger partial charge on any atom is -0.271 e. The number of nitrogens with one attached hydrogen (secondary N) is 1. The molecule has 0 aliphatic heterocycles. The van der Waals surface area contributed by atoms with Crippen LogP contribution in [0, 0.1) is 20.8 Å². The summed E-state index contributed by atoms with van der Waals surface area (Å²) in [6.45, 7) is 5.48. The molecule has 1 aliphatic carbocycles. The van der Waals surface area contributed by atoms with Crippen molar-refractivity contribution in [2.45, 2.75) is 96.3 Å². The summed E-state index contributed by atoms with van der Waals surface area (Å²) in [5.41, 5.74) is 7.13. The number of aryl methyl sites for hydroxylation is 3. The summed E-state index contributed by atoms with van der Waals surface area (Å²) < 4.78 is 28.4. The number of benzene rings is 2. The van der Waals surface area contributed by atoms with Gasteiger partial charge in [-0.05, 0) is 81.8 Å². The van der Waals surface area contributed by atoms with Crippen LogP contribution in [0.5, 0.6) is 0 Å². The summed E-state index contributed by atoms with van der Waals surface area (Å²) in [4.78, 5) is 13.2. The van der Waals surface area contributed by atoms with Gasteiger partial charge in [-0.25, -0.2) is 13.8 Å². The first-order chi connectivity index (χ1) is 17.3. The van der Waals surface area contributed by atoms with Gasteiger partial charge in [0.1, 0.15) is 6.54 Å². The number of nitrogens with zero attached hydrogens (tertiary/aromatic N) is 2. The van der Waals surface area contributed by atoms with E-state index in [0.717, 1.165) is 48.1 Å². The Kier molecular flexibility index (Phi) is 10.5. The van der Waals surface area contributed by atoms with Crippen LogP contribution in [-0.4, -0.2) is 26.6 Å². The van der Waals surface area contributed by atoms with Crippen LogP contribution in [0.25, 0.3) is 0 Å². The Balaban J connectivity index is 1.79. The number of hydrogen-bond acceptors (Lipinski definition) is 4. The lowest BCUT2D eigenvalue weighted by Crippen LogP contribution is -2.39. The maximum atomic E-state index is 13.6. The van der Waals surface area contributed by atoms with Gasteiger partial charge in [0, 0.05) is 5.71 Å². The Bertz CT molecular complexity index is 1130. The highest BCUT2D eigenvalue weighted by Crippen LogP contribution is 2.26. The Labute approximate surface area is 217 Å². The molecule has 0 radical (unpaired) electrons. The monoisotopic (exact) mass is 511 g/mol. The molecular formula is C29H41N3O3S. The molecule has 3 rings (SSSR count). The summed E-state index contributed by atoms with van der Waals surface area (Å²) in [7, 11) is -3.94. The molecule has 1 fully saturated rings. The van der Waals surface area contributed by atoms with E-state index in [-0.39, 0.29) is 11.4 Å². The molecule has 7 heteroatoms. The molecule has 1 aliphatic rings. The number of amides is 1. The van der Waals surface area contributed by atoms with Crippen LogP contribution in [0.4, 0.5) is 5.69 Å². The molecule has 0 bridgehead atoms. The van der Waals surface area contributed by atoms with Crippen LogP contribution in [0.1, 0.15) is 87.3 Å². The summed E-state index contributed by atoms with van der Waals surface area (Å²) in [5.74, 6) is -0.442. The fourth-order valence-corrected chi connectivity index (χ4v) is 5.89. The van der Waals surface area contributed by atoms with Crippen molar-refractivity contribution in [1.29, 1.82) is 0 Å². The molecular weight excluding hydrogens is 470 g/mol. The maximum absolute atomic E-state index is 13.6. The van der Waals surface area contributed by atoms with Crippen molar-refractivity contribution in [2.75, 3.05) is 10.8 Å². The maximum Gasteiger partial charge on any atom is 0.264 e. The standard InChI is InChI=1S/C29H41N3O3S/c1-23-15-19-28(20-16-23)36(34,35)32(27-18-17-24(2)25(3)21-27)22-29(33)31-30-26-13-11-9-7-5-4-6-8-10-12-14-26/h15-21H,4-14,22H2,1-3H3,(H,31,33). The molecule has 0 aromatic heterocycles. The van der Waals surface area contributed by atoms with Crippen molar-refractivity contribution in [3.8, 4) is 0 Å². The van der Waals surface area contributed by atoms with Gasteiger partial charge in [-0.2, -0.15) is 5.10 Å².